The number of hydrogen-bond acceptors (Lipinski definition) is 7. The molecule has 2 aromatic carbocycles. The monoisotopic (exact) mass is 470 g/mol. The third-order valence-electron chi connectivity index (χ3n) is 5.37. The summed E-state index contributed by atoms with van der Waals surface area (Å²) in [6.45, 7) is 0.289. The Hall–Kier alpha value is -3.46. The molecule has 1 fully saturated rings. The lowest BCUT2D eigenvalue weighted by molar-refractivity contribution is -0.118. The van der Waals surface area contributed by atoms with Gasteiger partial charge in [-0.1, -0.05) is 24.3 Å². The van der Waals surface area contributed by atoms with Crippen LogP contribution in [-0.4, -0.2) is 37.7 Å². The molecule has 1 aromatic heterocycles. The van der Waals surface area contributed by atoms with Crippen molar-refractivity contribution in [1.29, 1.82) is 0 Å². The van der Waals surface area contributed by atoms with Crippen molar-refractivity contribution in [2.75, 3.05) is 20.8 Å². The first-order chi connectivity index (χ1) is 15.9. The molecule has 1 aliphatic carbocycles. The van der Waals surface area contributed by atoms with Gasteiger partial charge in [-0.05, 0) is 42.5 Å². The van der Waals surface area contributed by atoms with Gasteiger partial charge >= 0.3 is 5.97 Å². The van der Waals surface area contributed by atoms with Gasteiger partial charge < -0.3 is 19.9 Å². The molecule has 0 bridgehead atoms. The lowest BCUT2D eigenvalue weighted by Crippen LogP contribution is -2.22. The van der Waals surface area contributed by atoms with E-state index in [9.17, 15) is 14.0 Å². The highest BCUT2D eigenvalue weighted by molar-refractivity contribution is 7.15. The molecule has 9 heteroatoms. The number of amides is 1. The fourth-order valence-electron chi connectivity index (χ4n) is 3.43. The van der Waals surface area contributed by atoms with E-state index in [-0.39, 0.29) is 27.7 Å². The molecule has 0 radical (unpaired) electrons. The number of nitrogens with zero attached hydrogens (tertiary/aromatic N) is 1. The number of thiazole rings is 1. The molecular formula is C24H23FN2O5S. The number of benzene rings is 2. The summed E-state index contributed by atoms with van der Waals surface area (Å²) < 4.78 is 30.6. The van der Waals surface area contributed by atoms with Crippen molar-refractivity contribution >= 4 is 23.2 Å². The number of esters is 1. The minimum atomic E-state index is -0.981. The van der Waals surface area contributed by atoms with Gasteiger partial charge in [-0.2, -0.15) is 0 Å². The summed E-state index contributed by atoms with van der Waals surface area (Å²) in [6, 6.07) is 11.0. The highest BCUT2D eigenvalue weighted by atomic mass is 32.1. The third kappa shape index (κ3) is 4.83. The molecule has 0 saturated heterocycles. The van der Waals surface area contributed by atoms with Crippen LogP contribution in [0.1, 0.15) is 39.8 Å². The molecule has 1 unspecified atom stereocenters. The minimum absolute atomic E-state index is 0.0347. The Morgan fingerprint density at radius 3 is 2.52 bits per heavy atom. The maximum Gasteiger partial charge on any atom is 0.358 e. The zero-order valence-electron chi connectivity index (χ0n) is 18.2. The smallest absolute Gasteiger partial charge is 0.358 e. The van der Waals surface area contributed by atoms with Gasteiger partial charge in [0.15, 0.2) is 17.2 Å². The maximum absolute atomic E-state index is 14.6. The molecule has 33 heavy (non-hydrogen) atoms. The van der Waals surface area contributed by atoms with Gasteiger partial charge in [0.2, 0.25) is 5.91 Å². The van der Waals surface area contributed by atoms with Crippen molar-refractivity contribution in [1.82, 2.24) is 4.98 Å². The topological polar surface area (TPSA) is 101 Å². The van der Waals surface area contributed by atoms with Gasteiger partial charge in [-0.15, -0.1) is 11.3 Å². The average molecular weight is 471 g/mol. The number of carbonyl (C=O) groups excluding carboxylic acids is 2. The number of methoxy groups -OCH3 is 2. The predicted molar refractivity (Wildman–Crippen MR) is 121 cm³/mol. The standard InChI is InChI=1S/C24H23FN2O5S/c1-30-17-10-9-14(11-18(17)31-2)19(22(26)28)23-27-20(24(29)32-12-13-7-8-13)21(33-23)15-5-3-4-6-16(15)25/h3-6,9-11,13,19H,7-8,12H2,1-2H3,(H2,26,28). The molecule has 2 N–H and O–H groups in total. The van der Waals surface area contributed by atoms with Crippen molar-refractivity contribution in [2.24, 2.45) is 11.7 Å². The molecule has 1 amide bonds. The van der Waals surface area contributed by atoms with Crippen molar-refractivity contribution in [2.45, 2.75) is 18.8 Å². The first-order valence-electron chi connectivity index (χ1n) is 10.4. The van der Waals surface area contributed by atoms with Crippen LogP contribution in [0.5, 0.6) is 11.5 Å². The highest BCUT2D eigenvalue weighted by Gasteiger charge is 2.31. The van der Waals surface area contributed by atoms with E-state index in [0.717, 1.165) is 24.2 Å². The molecule has 7 nitrogen and oxygen atoms in total. The number of carbonyl (C=O) groups is 2. The Morgan fingerprint density at radius 1 is 1.15 bits per heavy atom. The van der Waals surface area contributed by atoms with Crippen LogP contribution >= 0.6 is 11.3 Å². The van der Waals surface area contributed by atoms with E-state index in [1.807, 2.05) is 0 Å². The zero-order valence-corrected chi connectivity index (χ0v) is 19.0. The van der Waals surface area contributed by atoms with Gasteiger partial charge in [0.25, 0.3) is 0 Å². The van der Waals surface area contributed by atoms with Crippen molar-refractivity contribution in [3.8, 4) is 21.9 Å². The molecular weight excluding hydrogens is 447 g/mol. The maximum atomic E-state index is 14.6. The van der Waals surface area contributed by atoms with Crippen LogP contribution in [0.15, 0.2) is 42.5 Å². The second-order valence-electron chi connectivity index (χ2n) is 7.70. The first-order valence-corrected chi connectivity index (χ1v) is 11.2. The summed E-state index contributed by atoms with van der Waals surface area (Å²) in [7, 11) is 2.98. The predicted octanol–water partition coefficient (Wildman–Crippen LogP) is 4.15. The summed E-state index contributed by atoms with van der Waals surface area (Å²) in [5.41, 5.74) is 6.41. The summed E-state index contributed by atoms with van der Waals surface area (Å²) >= 11 is 1.03. The van der Waals surface area contributed by atoms with Crippen LogP contribution in [0.25, 0.3) is 10.4 Å². The summed E-state index contributed by atoms with van der Waals surface area (Å²) in [5, 5.41) is 0.256. The van der Waals surface area contributed by atoms with Crippen LogP contribution in [0.4, 0.5) is 4.39 Å². The van der Waals surface area contributed by atoms with Gasteiger partial charge in [-0.3, -0.25) is 4.79 Å². The van der Waals surface area contributed by atoms with Gasteiger partial charge in [-0.25, -0.2) is 14.2 Å². The highest BCUT2D eigenvalue weighted by Crippen LogP contribution is 2.40. The number of rotatable bonds is 9. The van der Waals surface area contributed by atoms with E-state index in [1.165, 1.54) is 20.3 Å². The Morgan fingerprint density at radius 2 is 1.88 bits per heavy atom. The summed E-state index contributed by atoms with van der Waals surface area (Å²) in [6.07, 6.45) is 2.03. The summed E-state index contributed by atoms with van der Waals surface area (Å²) in [5.74, 6) is -1.56. The number of ether oxygens (including phenoxy) is 3. The number of primary amides is 1. The molecule has 0 aliphatic heterocycles. The summed E-state index contributed by atoms with van der Waals surface area (Å²) in [4.78, 5) is 30.1. The van der Waals surface area contributed by atoms with Crippen molar-refractivity contribution in [3.05, 3.63) is 64.5 Å². The zero-order chi connectivity index (χ0) is 23.5. The second kappa shape index (κ2) is 9.58. The van der Waals surface area contributed by atoms with Crippen LogP contribution in [0.2, 0.25) is 0 Å². The fourth-order valence-corrected chi connectivity index (χ4v) is 4.65. The van der Waals surface area contributed by atoms with Gasteiger partial charge in [0.1, 0.15) is 16.7 Å². The Bertz CT molecular complexity index is 1190. The van der Waals surface area contributed by atoms with E-state index in [4.69, 9.17) is 19.9 Å². The molecule has 1 atom stereocenters. The number of aromatic nitrogens is 1. The fraction of sp³-hybridized carbons (Fsp3) is 0.292. The molecule has 1 aliphatic rings. The van der Waals surface area contributed by atoms with E-state index in [2.05, 4.69) is 4.98 Å². The molecule has 3 aromatic rings. The van der Waals surface area contributed by atoms with Crippen LogP contribution in [0, 0.1) is 11.7 Å². The lowest BCUT2D eigenvalue weighted by Gasteiger charge is -2.14. The number of hydrogen-bond donors (Lipinski definition) is 1. The Labute approximate surface area is 194 Å². The average Bonchev–Trinajstić information content (AvgIpc) is 3.55. The van der Waals surface area contributed by atoms with Gasteiger partial charge in [0.05, 0.1) is 25.7 Å². The van der Waals surface area contributed by atoms with Crippen LogP contribution in [0.3, 0.4) is 0 Å². The normalized spacial score (nSPS) is 13.9. The quantitative estimate of drug-likeness (QED) is 0.472. The SMILES string of the molecule is COc1ccc(C(C(N)=O)c2nc(C(=O)OCC3CC3)c(-c3ccccc3F)s2)cc1OC. The number of nitrogens with two attached hydrogens (primary N) is 1. The number of halogens is 1. The lowest BCUT2D eigenvalue weighted by atomic mass is 9.98. The molecule has 172 valence electrons. The van der Waals surface area contributed by atoms with Crippen LogP contribution in [-0.2, 0) is 9.53 Å². The van der Waals surface area contributed by atoms with E-state index in [1.54, 1.807) is 36.4 Å². The Kier molecular flexibility index (Phi) is 6.60. The molecule has 1 saturated carbocycles. The molecule has 1 heterocycles. The third-order valence-corrected chi connectivity index (χ3v) is 6.53. The largest absolute Gasteiger partial charge is 0.493 e. The van der Waals surface area contributed by atoms with E-state index >= 15 is 0 Å². The van der Waals surface area contributed by atoms with Gasteiger partial charge in [0, 0.05) is 5.56 Å². The van der Waals surface area contributed by atoms with E-state index < -0.39 is 23.6 Å². The van der Waals surface area contributed by atoms with Crippen LogP contribution < -0.4 is 15.2 Å². The van der Waals surface area contributed by atoms with E-state index in [0.29, 0.717) is 23.0 Å². The minimum Gasteiger partial charge on any atom is -0.493 e. The Balaban J connectivity index is 1.79. The second-order valence-corrected chi connectivity index (χ2v) is 8.73. The van der Waals surface area contributed by atoms with Crippen molar-refractivity contribution < 1.29 is 28.2 Å². The molecule has 0 spiro atoms. The molecule has 4 rings (SSSR count). The van der Waals surface area contributed by atoms with Crippen molar-refractivity contribution in [3.63, 3.8) is 0 Å². The first kappa shape index (κ1) is 22.7.